The fourth-order valence-electron chi connectivity index (χ4n) is 2.01. The molecular weight excluding hydrogens is 207 g/mol. The Morgan fingerprint density at radius 2 is 2.00 bits per heavy atom. The van der Waals surface area contributed by atoms with Crippen molar-refractivity contribution in [2.75, 3.05) is 6.61 Å². The fourth-order valence-corrected chi connectivity index (χ4v) is 2.01. The SMILES string of the molecule is O=C(COC1CCCC1)c1ccccc1F. The molecule has 2 rings (SSSR count). The van der Waals surface area contributed by atoms with Gasteiger partial charge in [0.05, 0.1) is 11.7 Å². The van der Waals surface area contributed by atoms with E-state index in [4.69, 9.17) is 4.74 Å². The molecule has 3 heteroatoms. The van der Waals surface area contributed by atoms with Gasteiger partial charge in [-0.15, -0.1) is 0 Å². The Hall–Kier alpha value is -1.22. The van der Waals surface area contributed by atoms with E-state index in [-0.39, 0.29) is 24.1 Å². The molecule has 1 fully saturated rings. The van der Waals surface area contributed by atoms with Gasteiger partial charge >= 0.3 is 0 Å². The molecule has 0 atom stereocenters. The van der Waals surface area contributed by atoms with E-state index in [9.17, 15) is 9.18 Å². The van der Waals surface area contributed by atoms with Crippen LogP contribution >= 0.6 is 0 Å². The lowest BCUT2D eigenvalue weighted by Crippen LogP contribution is -2.16. The number of carbonyl (C=O) groups excluding carboxylic acids is 1. The molecule has 16 heavy (non-hydrogen) atoms. The number of Topliss-reactive ketones (excluding diaryl/α,β-unsaturated/α-hetero) is 1. The summed E-state index contributed by atoms with van der Waals surface area (Å²) in [6, 6.07) is 6.02. The average Bonchev–Trinajstić information content (AvgIpc) is 2.79. The van der Waals surface area contributed by atoms with Crippen molar-refractivity contribution >= 4 is 5.78 Å². The van der Waals surface area contributed by atoms with Gasteiger partial charge in [-0.3, -0.25) is 4.79 Å². The zero-order valence-corrected chi connectivity index (χ0v) is 9.12. The van der Waals surface area contributed by atoms with Crippen molar-refractivity contribution in [1.29, 1.82) is 0 Å². The van der Waals surface area contributed by atoms with Crippen LogP contribution in [0.3, 0.4) is 0 Å². The quantitative estimate of drug-likeness (QED) is 0.732. The van der Waals surface area contributed by atoms with Gasteiger partial charge < -0.3 is 4.74 Å². The van der Waals surface area contributed by atoms with Crippen LogP contribution in [0.5, 0.6) is 0 Å². The third-order valence-corrected chi connectivity index (χ3v) is 2.93. The van der Waals surface area contributed by atoms with E-state index in [1.165, 1.54) is 25.0 Å². The molecule has 0 N–H and O–H groups in total. The van der Waals surface area contributed by atoms with Crippen LogP contribution in [0.1, 0.15) is 36.0 Å². The van der Waals surface area contributed by atoms with Crippen LogP contribution in [0.4, 0.5) is 4.39 Å². The monoisotopic (exact) mass is 222 g/mol. The minimum Gasteiger partial charge on any atom is -0.370 e. The topological polar surface area (TPSA) is 26.3 Å². The van der Waals surface area contributed by atoms with E-state index in [0.29, 0.717) is 0 Å². The molecule has 0 aliphatic heterocycles. The van der Waals surface area contributed by atoms with Gasteiger partial charge in [0.1, 0.15) is 12.4 Å². The highest BCUT2D eigenvalue weighted by molar-refractivity contribution is 5.97. The maximum Gasteiger partial charge on any atom is 0.191 e. The summed E-state index contributed by atoms with van der Waals surface area (Å²) in [5.74, 6) is -0.743. The summed E-state index contributed by atoms with van der Waals surface area (Å²) in [6.45, 7) is -0.00833. The molecule has 1 aliphatic carbocycles. The molecule has 86 valence electrons. The standard InChI is InChI=1S/C13H15FO2/c14-12-8-4-3-7-11(12)13(15)9-16-10-5-1-2-6-10/h3-4,7-8,10H,1-2,5-6,9H2. The number of hydrogen-bond acceptors (Lipinski definition) is 2. The normalized spacial score (nSPS) is 16.6. The number of carbonyl (C=O) groups is 1. The number of hydrogen-bond donors (Lipinski definition) is 0. The molecule has 1 aromatic carbocycles. The second-order valence-electron chi connectivity index (χ2n) is 4.12. The molecule has 0 radical (unpaired) electrons. The third-order valence-electron chi connectivity index (χ3n) is 2.93. The van der Waals surface area contributed by atoms with Crippen LogP contribution in [0.2, 0.25) is 0 Å². The highest BCUT2D eigenvalue weighted by Gasteiger charge is 2.18. The van der Waals surface area contributed by atoms with E-state index >= 15 is 0 Å². The van der Waals surface area contributed by atoms with Gasteiger partial charge in [0.15, 0.2) is 5.78 Å². The highest BCUT2D eigenvalue weighted by atomic mass is 19.1. The molecule has 0 spiro atoms. The van der Waals surface area contributed by atoms with Gasteiger partial charge in [0.25, 0.3) is 0 Å². The van der Waals surface area contributed by atoms with E-state index in [2.05, 4.69) is 0 Å². The lowest BCUT2D eigenvalue weighted by Gasteiger charge is -2.10. The third kappa shape index (κ3) is 2.67. The summed E-state index contributed by atoms with van der Waals surface area (Å²) in [7, 11) is 0. The maximum absolute atomic E-state index is 13.3. The molecule has 1 aliphatic rings. The molecule has 1 saturated carbocycles. The lowest BCUT2D eigenvalue weighted by atomic mass is 10.1. The number of benzene rings is 1. The van der Waals surface area contributed by atoms with E-state index < -0.39 is 5.82 Å². The maximum atomic E-state index is 13.3. The first-order valence-corrected chi connectivity index (χ1v) is 5.66. The zero-order valence-electron chi connectivity index (χ0n) is 9.12. The van der Waals surface area contributed by atoms with Crippen molar-refractivity contribution in [3.05, 3.63) is 35.6 Å². The first-order valence-electron chi connectivity index (χ1n) is 5.66. The second kappa shape index (κ2) is 5.21. The molecular formula is C13H15FO2. The number of halogens is 1. The van der Waals surface area contributed by atoms with E-state index in [1.807, 2.05) is 0 Å². The van der Waals surface area contributed by atoms with Gasteiger partial charge in [-0.25, -0.2) is 4.39 Å². The van der Waals surface area contributed by atoms with E-state index in [1.54, 1.807) is 12.1 Å². The Morgan fingerprint density at radius 3 is 2.69 bits per heavy atom. The van der Waals surface area contributed by atoms with Crippen molar-refractivity contribution in [1.82, 2.24) is 0 Å². The Bertz CT molecular complexity index is 370. The van der Waals surface area contributed by atoms with Crippen molar-refractivity contribution in [2.24, 2.45) is 0 Å². The smallest absolute Gasteiger partial charge is 0.191 e. The van der Waals surface area contributed by atoms with Crippen molar-refractivity contribution in [2.45, 2.75) is 31.8 Å². The average molecular weight is 222 g/mol. The van der Waals surface area contributed by atoms with Crippen LogP contribution in [0.25, 0.3) is 0 Å². The molecule has 0 saturated heterocycles. The van der Waals surface area contributed by atoms with Crippen LogP contribution < -0.4 is 0 Å². The molecule has 0 aromatic heterocycles. The summed E-state index contributed by atoms with van der Waals surface area (Å²) in [5, 5.41) is 0. The predicted octanol–water partition coefficient (Wildman–Crippen LogP) is 2.97. The number of rotatable bonds is 4. The number of ether oxygens (including phenoxy) is 1. The second-order valence-corrected chi connectivity index (χ2v) is 4.12. The minimum absolute atomic E-state index is 0.00833. The molecule has 0 unspecified atom stereocenters. The van der Waals surface area contributed by atoms with Gasteiger partial charge in [-0.2, -0.15) is 0 Å². The van der Waals surface area contributed by atoms with Crippen molar-refractivity contribution in [3.63, 3.8) is 0 Å². The Labute approximate surface area is 94.4 Å². The highest BCUT2D eigenvalue weighted by Crippen LogP contribution is 2.21. The molecule has 0 bridgehead atoms. The largest absolute Gasteiger partial charge is 0.370 e. The summed E-state index contributed by atoms with van der Waals surface area (Å²) in [6.07, 6.45) is 4.56. The van der Waals surface area contributed by atoms with Gasteiger partial charge in [-0.05, 0) is 25.0 Å². The van der Waals surface area contributed by atoms with E-state index in [0.717, 1.165) is 12.8 Å². The van der Waals surface area contributed by atoms with Crippen LogP contribution in [0.15, 0.2) is 24.3 Å². The van der Waals surface area contributed by atoms with Crippen LogP contribution in [-0.4, -0.2) is 18.5 Å². The summed E-state index contributed by atoms with van der Waals surface area (Å²) < 4.78 is 18.7. The molecule has 0 amide bonds. The van der Waals surface area contributed by atoms with Crippen LogP contribution in [0, 0.1) is 5.82 Å². The first kappa shape index (κ1) is 11.3. The van der Waals surface area contributed by atoms with Gasteiger partial charge in [0, 0.05) is 0 Å². The Balaban J connectivity index is 1.90. The van der Waals surface area contributed by atoms with Gasteiger partial charge in [-0.1, -0.05) is 25.0 Å². The molecule has 1 aromatic rings. The Kier molecular flexibility index (Phi) is 3.67. The summed E-state index contributed by atoms with van der Waals surface area (Å²) >= 11 is 0. The minimum atomic E-state index is -0.470. The van der Waals surface area contributed by atoms with Crippen molar-refractivity contribution in [3.8, 4) is 0 Å². The van der Waals surface area contributed by atoms with Gasteiger partial charge in [0.2, 0.25) is 0 Å². The molecule has 2 nitrogen and oxygen atoms in total. The summed E-state index contributed by atoms with van der Waals surface area (Å²) in [4.78, 5) is 11.7. The Morgan fingerprint density at radius 1 is 1.31 bits per heavy atom. The predicted molar refractivity (Wildman–Crippen MR) is 58.9 cm³/mol. The van der Waals surface area contributed by atoms with Crippen molar-refractivity contribution < 1.29 is 13.9 Å². The zero-order chi connectivity index (χ0) is 11.4. The fraction of sp³-hybridized carbons (Fsp3) is 0.462. The summed E-state index contributed by atoms with van der Waals surface area (Å²) in [5.41, 5.74) is 0.125. The molecule has 0 heterocycles. The number of ketones is 1. The first-order chi connectivity index (χ1) is 7.77. The van der Waals surface area contributed by atoms with Crippen LogP contribution in [-0.2, 0) is 4.74 Å². The lowest BCUT2D eigenvalue weighted by molar-refractivity contribution is 0.0479.